The second-order valence-corrected chi connectivity index (χ2v) is 5.16. The van der Waals surface area contributed by atoms with E-state index in [2.05, 4.69) is 49.2 Å². The van der Waals surface area contributed by atoms with Crippen LogP contribution in [0.15, 0.2) is 54.9 Å². The number of nitrogens with zero attached hydrogens (tertiary/aromatic N) is 2. The molecule has 0 fully saturated rings. The van der Waals surface area contributed by atoms with Crippen molar-refractivity contribution in [2.75, 3.05) is 6.54 Å². The van der Waals surface area contributed by atoms with Crippen molar-refractivity contribution >= 4 is 0 Å². The molecule has 1 N–H and O–H groups in total. The quantitative estimate of drug-likeness (QED) is 0.773. The van der Waals surface area contributed by atoms with Gasteiger partial charge in [0.1, 0.15) is 0 Å². The summed E-state index contributed by atoms with van der Waals surface area (Å²) < 4.78 is 1.93. The van der Waals surface area contributed by atoms with E-state index in [0.29, 0.717) is 6.04 Å². The molecule has 0 spiro atoms. The van der Waals surface area contributed by atoms with E-state index in [-0.39, 0.29) is 0 Å². The van der Waals surface area contributed by atoms with Crippen LogP contribution < -0.4 is 5.32 Å². The van der Waals surface area contributed by atoms with E-state index < -0.39 is 0 Å². The molecule has 1 heterocycles. The van der Waals surface area contributed by atoms with Crippen molar-refractivity contribution in [3.05, 3.63) is 60.4 Å². The standard InChI is InChI=1S/C17H23N3/c1-4-18-17(11-10-14(2)3)15-12-19-20(13-15)16-8-6-5-7-9-16/h5-9,12-13,17-18H,2,4,10-11H2,1,3H3. The summed E-state index contributed by atoms with van der Waals surface area (Å²) in [4.78, 5) is 0. The van der Waals surface area contributed by atoms with Crippen LogP contribution in [0.4, 0.5) is 0 Å². The Balaban J connectivity index is 2.14. The summed E-state index contributed by atoms with van der Waals surface area (Å²) in [6.45, 7) is 9.15. The molecule has 1 aromatic heterocycles. The average Bonchev–Trinajstić information content (AvgIpc) is 2.94. The molecule has 0 saturated heterocycles. The number of hydrogen-bond donors (Lipinski definition) is 1. The first-order valence-corrected chi connectivity index (χ1v) is 7.18. The maximum Gasteiger partial charge on any atom is 0.0645 e. The van der Waals surface area contributed by atoms with Gasteiger partial charge in [-0.1, -0.05) is 30.7 Å². The predicted octanol–water partition coefficient (Wildman–Crippen LogP) is 3.88. The Kier molecular flexibility index (Phi) is 5.13. The molecule has 0 aliphatic carbocycles. The van der Waals surface area contributed by atoms with Crippen LogP contribution in [0.5, 0.6) is 0 Å². The Labute approximate surface area is 121 Å². The third-order valence-electron chi connectivity index (χ3n) is 3.34. The highest BCUT2D eigenvalue weighted by Crippen LogP contribution is 2.21. The number of benzene rings is 1. The molecule has 0 bridgehead atoms. The molecular weight excluding hydrogens is 246 g/mol. The fourth-order valence-corrected chi connectivity index (χ4v) is 2.26. The summed E-state index contributed by atoms with van der Waals surface area (Å²) in [6.07, 6.45) is 6.16. The molecule has 0 aliphatic heterocycles. The van der Waals surface area contributed by atoms with Crippen LogP contribution in [-0.2, 0) is 0 Å². The van der Waals surface area contributed by atoms with Gasteiger partial charge in [-0.25, -0.2) is 4.68 Å². The molecule has 20 heavy (non-hydrogen) atoms. The summed E-state index contributed by atoms with van der Waals surface area (Å²) in [5.74, 6) is 0. The normalized spacial score (nSPS) is 12.3. The second kappa shape index (κ2) is 7.06. The van der Waals surface area contributed by atoms with Crippen molar-refractivity contribution in [1.82, 2.24) is 15.1 Å². The lowest BCUT2D eigenvalue weighted by Gasteiger charge is -2.16. The lowest BCUT2D eigenvalue weighted by molar-refractivity contribution is 0.514. The monoisotopic (exact) mass is 269 g/mol. The van der Waals surface area contributed by atoms with E-state index in [0.717, 1.165) is 25.1 Å². The van der Waals surface area contributed by atoms with Crippen molar-refractivity contribution in [2.24, 2.45) is 0 Å². The maximum atomic E-state index is 4.47. The number of rotatable bonds is 7. The van der Waals surface area contributed by atoms with E-state index in [9.17, 15) is 0 Å². The lowest BCUT2D eigenvalue weighted by atomic mass is 10.0. The van der Waals surface area contributed by atoms with Gasteiger partial charge in [0.25, 0.3) is 0 Å². The first-order valence-electron chi connectivity index (χ1n) is 7.18. The highest BCUT2D eigenvalue weighted by Gasteiger charge is 2.12. The SMILES string of the molecule is C=C(C)CCC(NCC)c1cnn(-c2ccccc2)c1. The lowest BCUT2D eigenvalue weighted by Crippen LogP contribution is -2.20. The first-order chi connectivity index (χ1) is 9.70. The first kappa shape index (κ1) is 14.5. The Hall–Kier alpha value is -1.87. The summed E-state index contributed by atoms with van der Waals surface area (Å²) in [6, 6.07) is 10.5. The fourth-order valence-electron chi connectivity index (χ4n) is 2.26. The molecule has 0 amide bonds. The Bertz CT molecular complexity index is 542. The Morgan fingerprint density at radius 2 is 2.10 bits per heavy atom. The van der Waals surface area contributed by atoms with E-state index in [1.54, 1.807) is 0 Å². The van der Waals surface area contributed by atoms with E-state index in [1.807, 2.05) is 29.1 Å². The van der Waals surface area contributed by atoms with Gasteiger partial charge in [-0.05, 0) is 38.4 Å². The molecule has 0 saturated carbocycles. The van der Waals surface area contributed by atoms with Gasteiger partial charge in [-0.2, -0.15) is 5.10 Å². The van der Waals surface area contributed by atoms with Gasteiger partial charge in [0.15, 0.2) is 0 Å². The highest BCUT2D eigenvalue weighted by atomic mass is 15.3. The van der Waals surface area contributed by atoms with Gasteiger partial charge >= 0.3 is 0 Å². The number of para-hydroxylation sites is 1. The van der Waals surface area contributed by atoms with Gasteiger partial charge in [-0.15, -0.1) is 6.58 Å². The minimum atomic E-state index is 0.342. The molecule has 106 valence electrons. The molecular formula is C17H23N3. The third-order valence-corrected chi connectivity index (χ3v) is 3.34. The Morgan fingerprint density at radius 1 is 1.35 bits per heavy atom. The van der Waals surface area contributed by atoms with Crippen molar-refractivity contribution in [1.29, 1.82) is 0 Å². The number of hydrogen-bond acceptors (Lipinski definition) is 2. The summed E-state index contributed by atoms with van der Waals surface area (Å²) in [5, 5.41) is 8.00. The average molecular weight is 269 g/mol. The Morgan fingerprint density at radius 3 is 2.75 bits per heavy atom. The number of allylic oxidation sites excluding steroid dienone is 1. The van der Waals surface area contributed by atoms with Crippen LogP contribution in [-0.4, -0.2) is 16.3 Å². The molecule has 3 heteroatoms. The third kappa shape index (κ3) is 3.81. The number of nitrogens with one attached hydrogen (secondary N) is 1. The molecule has 1 atom stereocenters. The van der Waals surface area contributed by atoms with Crippen LogP contribution in [0.1, 0.15) is 38.3 Å². The highest BCUT2D eigenvalue weighted by molar-refractivity contribution is 5.31. The predicted molar refractivity (Wildman–Crippen MR) is 84.0 cm³/mol. The van der Waals surface area contributed by atoms with E-state index in [4.69, 9.17) is 0 Å². The molecule has 2 aromatic rings. The summed E-state index contributed by atoms with van der Waals surface area (Å²) >= 11 is 0. The summed E-state index contributed by atoms with van der Waals surface area (Å²) in [7, 11) is 0. The molecule has 0 radical (unpaired) electrons. The van der Waals surface area contributed by atoms with Gasteiger partial charge in [0.05, 0.1) is 11.9 Å². The minimum absolute atomic E-state index is 0.342. The molecule has 3 nitrogen and oxygen atoms in total. The van der Waals surface area contributed by atoms with Crippen LogP contribution in [0.3, 0.4) is 0 Å². The second-order valence-electron chi connectivity index (χ2n) is 5.16. The number of aromatic nitrogens is 2. The van der Waals surface area contributed by atoms with Crippen molar-refractivity contribution < 1.29 is 0 Å². The van der Waals surface area contributed by atoms with Crippen LogP contribution >= 0.6 is 0 Å². The summed E-state index contributed by atoms with van der Waals surface area (Å²) in [5.41, 5.74) is 3.55. The molecule has 0 aliphatic rings. The fraction of sp³-hybridized carbons (Fsp3) is 0.353. The van der Waals surface area contributed by atoms with Crippen molar-refractivity contribution in [3.63, 3.8) is 0 Å². The maximum absolute atomic E-state index is 4.47. The smallest absolute Gasteiger partial charge is 0.0645 e. The zero-order valence-electron chi connectivity index (χ0n) is 12.3. The van der Waals surface area contributed by atoms with Gasteiger partial charge in [0.2, 0.25) is 0 Å². The van der Waals surface area contributed by atoms with Crippen LogP contribution in [0.2, 0.25) is 0 Å². The van der Waals surface area contributed by atoms with E-state index in [1.165, 1.54) is 11.1 Å². The molecule has 2 rings (SSSR count). The molecule has 1 unspecified atom stereocenters. The van der Waals surface area contributed by atoms with E-state index >= 15 is 0 Å². The van der Waals surface area contributed by atoms with Crippen molar-refractivity contribution in [2.45, 2.75) is 32.7 Å². The topological polar surface area (TPSA) is 29.9 Å². The zero-order chi connectivity index (χ0) is 14.4. The van der Waals surface area contributed by atoms with Crippen LogP contribution in [0.25, 0.3) is 5.69 Å². The molecule has 1 aromatic carbocycles. The van der Waals surface area contributed by atoms with Crippen molar-refractivity contribution in [3.8, 4) is 5.69 Å². The van der Waals surface area contributed by atoms with Gasteiger partial charge in [-0.3, -0.25) is 0 Å². The zero-order valence-corrected chi connectivity index (χ0v) is 12.3. The van der Waals surface area contributed by atoms with Crippen LogP contribution in [0, 0.1) is 0 Å². The van der Waals surface area contributed by atoms with Gasteiger partial charge in [0, 0.05) is 17.8 Å². The largest absolute Gasteiger partial charge is 0.310 e. The van der Waals surface area contributed by atoms with Gasteiger partial charge < -0.3 is 5.32 Å². The minimum Gasteiger partial charge on any atom is -0.310 e.